The van der Waals surface area contributed by atoms with Crippen molar-refractivity contribution >= 4 is 11.6 Å². The average molecular weight is 467 g/mol. The topological polar surface area (TPSA) is 46.7 Å². The zero-order valence-electron chi connectivity index (χ0n) is 22.4. The summed E-state index contributed by atoms with van der Waals surface area (Å²) < 4.78 is 5.91. The maximum absolute atomic E-state index is 13.2. The fraction of sp³-hybridized carbons (Fsp3) is 0.677. The van der Waals surface area contributed by atoms with Crippen molar-refractivity contribution in [3.05, 3.63) is 47.0 Å². The summed E-state index contributed by atoms with van der Waals surface area (Å²) in [6.07, 6.45) is 14.2. The first kappa shape index (κ1) is 26.9. The Balaban J connectivity index is 1.39. The molecule has 2 aliphatic rings. The molecule has 4 atom stereocenters. The van der Waals surface area contributed by atoms with E-state index in [1.807, 2.05) is 12.1 Å². The number of benzene rings is 1. The Morgan fingerprint density at radius 2 is 1.38 bits per heavy atom. The van der Waals surface area contributed by atoms with Gasteiger partial charge in [0, 0.05) is 17.5 Å². The molecule has 1 saturated heterocycles. The van der Waals surface area contributed by atoms with Crippen LogP contribution in [-0.4, -0.2) is 22.8 Å². The lowest BCUT2D eigenvalue weighted by Gasteiger charge is -2.22. The number of ether oxygens (including phenoxy) is 1. The molecule has 1 aromatic carbocycles. The molecule has 1 heterocycles. The number of fused-ring (bicyclic) bond motifs is 2. The number of hydrogen-bond donors (Lipinski definition) is 0. The average Bonchev–Trinajstić information content (AvgIpc) is 3.43. The zero-order valence-corrected chi connectivity index (χ0v) is 22.4. The minimum atomic E-state index is -1.00. The highest BCUT2D eigenvalue weighted by molar-refractivity contribution is 6.25. The normalized spacial score (nSPS) is 25.8. The highest BCUT2D eigenvalue weighted by Gasteiger charge is 2.77. The van der Waals surface area contributed by atoms with Gasteiger partial charge in [0.15, 0.2) is 22.8 Å². The van der Waals surface area contributed by atoms with Gasteiger partial charge >= 0.3 is 0 Å². The molecule has 1 aromatic rings. The molecule has 0 radical (unpaired) electrons. The van der Waals surface area contributed by atoms with Crippen LogP contribution in [0.25, 0.3) is 0 Å². The molecular weight excluding hydrogens is 420 g/mol. The fourth-order valence-corrected chi connectivity index (χ4v) is 5.63. The molecule has 1 aliphatic carbocycles. The van der Waals surface area contributed by atoms with Crippen LogP contribution in [0.1, 0.15) is 126 Å². The van der Waals surface area contributed by atoms with Crippen molar-refractivity contribution in [2.75, 3.05) is 0 Å². The van der Waals surface area contributed by atoms with Crippen molar-refractivity contribution in [1.29, 1.82) is 0 Å². The highest BCUT2D eigenvalue weighted by Crippen LogP contribution is 2.57. The number of rotatable bonds is 14. The van der Waals surface area contributed by atoms with Crippen molar-refractivity contribution in [3.8, 4) is 0 Å². The molecule has 0 unspecified atom stereocenters. The second-order valence-electron chi connectivity index (χ2n) is 11.8. The number of carbonyl (C=O) groups excluding carboxylic acids is 2. The lowest BCUT2D eigenvalue weighted by Crippen LogP contribution is -2.43. The predicted molar refractivity (Wildman–Crippen MR) is 140 cm³/mol. The van der Waals surface area contributed by atoms with Gasteiger partial charge in [-0.2, -0.15) is 0 Å². The van der Waals surface area contributed by atoms with Gasteiger partial charge in [0.25, 0.3) is 0 Å². The van der Waals surface area contributed by atoms with Gasteiger partial charge in [0.1, 0.15) is 0 Å². The number of hydrogen-bond acceptors (Lipinski definition) is 3. The van der Waals surface area contributed by atoms with Crippen molar-refractivity contribution in [1.82, 2.24) is 0 Å². The van der Waals surface area contributed by atoms with E-state index in [0.717, 1.165) is 24.2 Å². The third-order valence-corrected chi connectivity index (χ3v) is 8.20. The Morgan fingerprint density at radius 1 is 0.853 bits per heavy atom. The molecule has 0 aromatic heterocycles. The monoisotopic (exact) mass is 466 g/mol. The van der Waals surface area contributed by atoms with Crippen molar-refractivity contribution in [2.24, 2.45) is 17.8 Å². The van der Waals surface area contributed by atoms with Crippen LogP contribution in [0.3, 0.4) is 0 Å². The lowest BCUT2D eigenvalue weighted by atomic mass is 9.73. The van der Waals surface area contributed by atoms with Gasteiger partial charge < -0.3 is 4.74 Å². The third kappa shape index (κ3) is 5.90. The Labute approximate surface area is 207 Å². The molecule has 188 valence electrons. The van der Waals surface area contributed by atoms with Crippen molar-refractivity contribution in [3.63, 3.8) is 0 Å². The van der Waals surface area contributed by atoms with Crippen LogP contribution in [0.2, 0.25) is 0 Å². The van der Waals surface area contributed by atoms with Gasteiger partial charge in [0.2, 0.25) is 0 Å². The second-order valence-corrected chi connectivity index (χ2v) is 11.8. The molecule has 0 N–H and O–H groups in total. The lowest BCUT2D eigenvalue weighted by molar-refractivity contribution is 0.0847. The SMILES string of the molecule is C/C(=C\C[C@]12O[C@@]1(C)C(=O)c1ccccc1C2=O)CCC[C@H](C)CCC[C@@H](C)CCCC(C)C. The van der Waals surface area contributed by atoms with Crippen LogP contribution in [0.5, 0.6) is 0 Å². The van der Waals surface area contributed by atoms with E-state index in [1.165, 1.54) is 56.9 Å². The van der Waals surface area contributed by atoms with Crippen LogP contribution in [-0.2, 0) is 4.74 Å². The van der Waals surface area contributed by atoms with Crippen LogP contribution < -0.4 is 0 Å². The molecule has 34 heavy (non-hydrogen) atoms. The van der Waals surface area contributed by atoms with E-state index in [2.05, 4.69) is 40.7 Å². The Morgan fingerprint density at radius 3 is 1.97 bits per heavy atom. The van der Waals surface area contributed by atoms with Gasteiger partial charge in [-0.05, 0) is 44.4 Å². The van der Waals surface area contributed by atoms with Crippen molar-refractivity contribution in [2.45, 2.75) is 117 Å². The molecule has 0 amide bonds. The number of ketones is 2. The Hall–Kier alpha value is -1.74. The highest BCUT2D eigenvalue weighted by atomic mass is 16.6. The van der Waals surface area contributed by atoms with Gasteiger partial charge in [-0.25, -0.2) is 0 Å². The molecule has 3 nitrogen and oxygen atoms in total. The van der Waals surface area contributed by atoms with Gasteiger partial charge in [-0.3, -0.25) is 9.59 Å². The molecule has 0 spiro atoms. The number of epoxide rings is 1. The number of Topliss-reactive ketones (excluding diaryl/α,β-unsaturated/α-hetero) is 2. The van der Waals surface area contributed by atoms with E-state index in [4.69, 9.17) is 4.74 Å². The summed E-state index contributed by atoms with van der Waals surface area (Å²) in [6.45, 7) is 13.3. The predicted octanol–water partition coefficient (Wildman–Crippen LogP) is 8.37. The van der Waals surface area contributed by atoms with E-state index in [9.17, 15) is 9.59 Å². The van der Waals surface area contributed by atoms with Gasteiger partial charge in [-0.15, -0.1) is 0 Å². The fourth-order valence-electron chi connectivity index (χ4n) is 5.63. The summed E-state index contributed by atoms with van der Waals surface area (Å²) in [7, 11) is 0. The van der Waals surface area contributed by atoms with Gasteiger partial charge in [-0.1, -0.05) is 109 Å². The molecule has 0 bridgehead atoms. The molecule has 1 aliphatic heterocycles. The molecule has 0 saturated carbocycles. The van der Waals surface area contributed by atoms with E-state index in [-0.39, 0.29) is 11.6 Å². The first-order valence-corrected chi connectivity index (χ1v) is 13.6. The molecule has 3 rings (SSSR count). The minimum Gasteiger partial charge on any atom is -0.345 e. The maximum Gasteiger partial charge on any atom is 0.199 e. The van der Waals surface area contributed by atoms with E-state index >= 15 is 0 Å². The van der Waals surface area contributed by atoms with Crippen LogP contribution in [0, 0.1) is 17.8 Å². The largest absolute Gasteiger partial charge is 0.345 e. The second kappa shape index (κ2) is 11.3. The van der Waals surface area contributed by atoms with E-state index in [0.29, 0.717) is 17.5 Å². The van der Waals surface area contributed by atoms with Crippen LogP contribution in [0.15, 0.2) is 35.9 Å². The third-order valence-electron chi connectivity index (χ3n) is 8.20. The summed E-state index contributed by atoms with van der Waals surface area (Å²) in [5.41, 5.74) is 0.297. The smallest absolute Gasteiger partial charge is 0.199 e. The minimum absolute atomic E-state index is 0.0405. The molecule has 3 heteroatoms. The maximum atomic E-state index is 13.2. The first-order valence-electron chi connectivity index (χ1n) is 13.6. The zero-order chi connectivity index (χ0) is 24.9. The van der Waals surface area contributed by atoms with E-state index < -0.39 is 11.2 Å². The van der Waals surface area contributed by atoms with Crippen LogP contribution in [0.4, 0.5) is 0 Å². The quantitative estimate of drug-likeness (QED) is 0.204. The first-order chi connectivity index (χ1) is 16.1. The number of carbonyl (C=O) groups is 2. The Kier molecular flexibility index (Phi) is 8.95. The Bertz CT molecular complexity index is 898. The summed E-state index contributed by atoms with van der Waals surface area (Å²) in [5.74, 6) is 2.34. The van der Waals surface area contributed by atoms with Crippen molar-refractivity contribution < 1.29 is 14.3 Å². The van der Waals surface area contributed by atoms with E-state index in [1.54, 1.807) is 19.1 Å². The summed E-state index contributed by atoms with van der Waals surface area (Å²) >= 11 is 0. The summed E-state index contributed by atoms with van der Waals surface area (Å²) in [4.78, 5) is 26.1. The summed E-state index contributed by atoms with van der Waals surface area (Å²) in [6, 6.07) is 7.12. The van der Waals surface area contributed by atoms with Crippen LogP contribution >= 0.6 is 0 Å². The molecule has 1 fully saturated rings. The standard InChI is InChI=1S/C31H46O3/c1-22(2)12-9-13-23(3)14-10-15-24(4)16-11-17-25(5)20-21-31-29(33)27-19-8-7-18-26(27)28(32)30(31,6)34-31/h7-8,18-20,22-24H,9-17,21H2,1-6H3/b25-20+/t23-,24+,30-,31+/m0/s1. The number of allylic oxidation sites excluding steroid dienone is 1. The summed E-state index contributed by atoms with van der Waals surface area (Å²) in [5, 5.41) is 0. The molecular formula is C31H46O3. The van der Waals surface area contributed by atoms with Gasteiger partial charge in [0.05, 0.1) is 0 Å².